The standard InChI is InChI=1S/C11H8BrF.C2H6/c12-7-8-4-5-9-2-1-3-11(13)10(9)6-8;1-2/h1-6H,7H2;1-2H3. The Labute approximate surface area is 98.2 Å². The highest BCUT2D eigenvalue weighted by Crippen LogP contribution is 2.20. The van der Waals surface area contributed by atoms with E-state index >= 15 is 0 Å². The van der Waals surface area contributed by atoms with Crippen LogP contribution in [0, 0.1) is 5.82 Å². The Kier molecular flexibility index (Phi) is 4.76. The van der Waals surface area contributed by atoms with Gasteiger partial charge in [-0.3, -0.25) is 0 Å². The first-order valence-corrected chi connectivity index (χ1v) is 6.16. The topological polar surface area (TPSA) is 0 Å². The molecule has 0 atom stereocenters. The van der Waals surface area contributed by atoms with Gasteiger partial charge in [-0.2, -0.15) is 0 Å². The lowest BCUT2D eigenvalue weighted by Gasteiger charge is -2.01. The zero-order valence-corrected chi connectivity index (χ0v) is 10.5. The lowest BCUT2D eigenvalue weighted by atomic mass is 10.1. The molecule has 2 heteroatoms. The van der Waals surface area contributed by atoms with Gasteiger partial charge in [0.25, 0.3) is 0 Å². The zero-order valence-electron chi connectivity index (χ0n) is 8.93. The van der Waals surface area contributed by atoms with E-state index in [0.717, 1.165) is 16.3 Å². The minimum atomic E-state index is -0.152. The third-order valence-electron chi connectivity index (χ3n) is 2.05. The Morgan fingerprint density at radius 1 is 1.13 bits per heavy atom. The van der Waals surface area contributed by atoms with Crippen molar-refractivity contribution in [2.45, 2.75) is 19.2 Å². The SMILES string of the molecule is CC.Fc1cccc2ccc(CBr)cc12. The van der Waals surface area contributed by atoms with Crippen molar-refractivity contribution in [2.75, 3.05) is 0 Å². The molecular formula is C13H14BrF. The van der Waals surface area contributed by atoms with Crippen molar-refractivity contribution in [3.63, 3.8) is 0 Å². The summed E-state index contributed by atoms with van der Waals surface area (Å²) in [5, 5.41) is 2.40. The highest BCUT2D eigenvalue weighted by molar-refractivity contribution is 9.08. The summed E-state index contributed by atoms with van der Waals surface area (Å²) >= 11 is 3.35. The van der Waals surface area contributed by atoms with Crippen molar-refractivity contribution in [3.05, 3.63) is 47.8 Å². The van der Waals surface area contributed by atoms with Gasteiger partial charge in [-0.05, 0) is 23.1 Å². The second-order valence-electron chi connectivity index (χ2n) is 2.93. The average Bonchev–Trinajstić information content (AvgIpc) is 2.32. The van der Waals surface area contributed by atoms with Gasteiger partial charge in [0.1, 0.15) is 5.82 Å². The Bertz CT molecular complexity index is 437. The largest absolute Gasteiger partial charge is 0.206 e. The Balaban J connectivity index is 0.000000531. The van der Waals surface area contributed by atoms with Gasteiger partial charge in [-0.25, -0.2) is 4.39 Å². The molecular weight excluding hydrogens is 255 g/mol. The van der Waals surface area contributed by atoms with Crippen molar-refractivity contribution >= 4 is 26.7 Å². The fraction of sp³-hybridized carbons (Fsp3) is 0.231. The van der Waals surface area contributed by atoms with Gasteiger partial charge < -0.3 is 0 Å². The van der Waals surface area contributed by atoms with E-state index in [1.807, 2.05) is 38.1 Å². The van der Waals surface area contributed by atoms with Gasteiger partial charge in [0.15, 0.2) is 0 Å². The van der Waals surface area contributed by atoms with Crippen LogP contribution in [-0.2, 0) is 5.33 Å². The molecule has 0 aromatic heterocycles. The Morgan fingerprint density at radius 2 is 1.87 bits per heavy atom. The van der Waals surface area contributed by atoms with Gasteiger partial charge in [0.2, 0.25) is 0 Å². The maximum Gasteiger partial charge on any atom is 0.131 e. The average molecular weight is 269 g/mol. The first kappa shape index (κ1) is 12.2. The predicted octanol–water partition coefficient (Wildman–Crippen LogP) is 4.90. The molecule has 0 nitrogen and oxygen atoms in total. The molecule has 0 saturated carbocycles. The molecule has 80 valence electrons. The molecule has 0 aliphatic carbocycles. The molecule has 0 aliphatic rings. The molecule has 0 bridgehead atoms. The molecule has 0 unspecified atom stereocenters. The number of rotatable bonds is 1. The number of benzene rings is 2. The third kappa shape index (κ3) is 2.78. The van der Waals surface area contributed by atoms with Crippen LogP contribution in [0.25, 0.3) is 10.8 Å². The summed E-state index contributed by atoms with van der Waals surface area (Å²) in [4.78, 5) is 0. The number of hydrogen-bond acceptors (Lipinski definition) is 0. The van der Waals surface area contributed by atoms with E-state index in [-0.39, 0.29) is 5.82 Å². The second kappa shape index (κ2) is 5.86. The molecule has 15 heavy (non-hydrogen) atoms. The number of hydrogen-bond donors (Lipinski definition) is 0. The van der Waals surface area contributed by atoms with Crippen molar-refractivity contribution in [3.8, 4) is 0 Å². The van der Waals surface area contributed by atoms with Crippen LogP contribution in [0.2, 0.25) is 0 Å². The maximum absolute atomic E-state index is 13.3. The van der Waals surface area contributed by atoms with Gasteiger partial charge >= 0.3 is 0 Å². The fourth-order valence-corrected chi connectivity index (χ4v) is 1.71. The molecule has 0 radical (unpaired) electrons. The summed E-state index contributed by atoms with van der Waals surface area (Å²) in [5.74, 6) is -0.152. The lowest BCUT2D eigenvalue weighted by Crippen LogP contribution is -1.82. The monoisotopic (exact) mass is 268 g/mol. The first-order chi connectivity index (χ1) is 7.31. The van der Waals surface area contributed by atoms with Crippen LogP contribution in [0.15, 0.2) is 36.4 Å². The highest BCUT2D eigenvalue weighted by atomic mass is 79.9. The van der Waals surface area contributed by atoms with Crippen LogP contribution < -0.4 is 0 Å². The van der Waals surface area contributed by atoms with Crippen LogP contribution in [-0.4, -0.2) is 0 Å². The zero-order chi connectivity index (χ0) is 11.3. The smallest absolute Gasteiger partial charge is 0.131 e. The summed E-state index contributed by atoms with van der Waals surface area (Å²) in [6.07, 6.45) is 0. The second-order valence-corrected chi connectivity index (χ2v) is 3.49. The molecule has 0 spiro atoms. The van der Waals surface area contributed by atoms with Gasteiger partial charge in [0, 0.05) is 10.7 Å². The normalized spacial score (nSPS) is 9.60. The molecule has 0 saturated heterocycles. The van der Waals surface area contributed by atoms with Crippen molar-refractivity contribution < 1.29 is 4.39 Å². The first-order valence-electron chi connectivity index (χ1n) is 5.04. The lowest BCUT2D eigenvalue weighted by molar-refractivity contribution is 0.640. The molecule has 0 heterocycles. The maximum atomic E-state index is 13.3. The Morgan fingerprint density at radius 3 is 2.53 bits per heavy atom. The summed E-state index contributed by atoms with van der Waals surface area (Å²) in [5.41, 5.74) is 1.10. The predicted molar refractivity (Wildman–Crippen MR) is 67.9 cm³/mol. The van der Waals surface area contributed by atoms with Gasteiger partial charge in [-0.15, -0.1) is 0 Å². The van der Waals surface area contributed by atoms with Crippen LogP contribution in [0.5, 0.6) is 0 Å². The molecule has 2 aromatic carbocycles. The number of halogens is 2. The fourth-order valence-electron chi connectivity index (χ4n) is 1.36. The van der Waals surface area contributed by atoms with Crippen LogP contribution in [0.3, 0.4) is 0 Å². The summed E-state index contributed by atoms with van der Waals surface area (Å²) in [6, 6.07) is 10.9. The minimum Gasteiger partial charge on any atom is -0.206 e. The summed E-state index contributed by atoms with van der Waals surface area (Å²) in [6.45, 7) is 4.00. The highest BCUT2D eigenvalue weighted by Gasteiger charge is 1.99. The van der Waals surface area contributed by atoms with Crippen LogP contribution in [0.4, 0.5) is 4.39 Å². The molecule has 2 rings (SSSR count). The number of fused-ring (bicyclic) bond motifs is 1. The van der Waals surface area contributed by atoms with E-state index in [4.69, 9.17) is 0 Å². The molecule has 2 aromatic rings. The van der Waals surface area contributed by atoms with Gasteiger partial charge in [-0.1, -0.05) is 54.0 Å². The summed E-state index contributed by atoms with van der Waals surface area (Å²) in [7, 11) is 0. The third-order valence-corrected chi connectivity index (χ3v) is 2.70. The van der Waals surface area contributed by atoms with Gasteiger partial charge in [0.05, 0.1) is 0 Å². The van der Waals surface area contributed by atoms with Crippen molar-refractivity contribution in [1.82, 2.24) is 0 Å². The molecule has 0 amide bonds. The van der Waals surface area contributed by atoms with Crippen molar-refractivity contribution in [1.29, 1.82) is 0 Å². The van der Waals surface area contributed by atoms with E-state index in [9.17, 15) is 4.39 Å². The van der Waals surface area contributed by atoms with E-state index in [0.29, 0.717) is 5.39 Å². The van der Waals surface area contributed by atoms with Crippen LogP contribution in [0.1, 0.15) is 19.4 Å². The van der Waals surface area contributed by atoms with E-state index in [1.165, 1.54) is 6.07 Å². The minimum absolute atomic E-state index is 0.152. The Hall–Kier alpha value is -0.890. The van der Waals surface area contributed by atoms with E-state index < -0.39 is 0 Å². The molecule has 0 aliphatic heterocycles. The van der Waals surface area contributed by atoms with E-state index in [1.54, 1.807) is 6.07 Å². The van der Waals surface area contributed by atoms with Crippen LogP contribution >= 0.6 is 15.9 Å². The quantitative estimate of drug-likeness (QED) is 0.646. The molecule has 0 N–H and O–H groups in total. The number of alkyl halides is 1. The van der Waals surface area contributed by atoms with Crippen molar-refractivity contribution in [2.24, 2.45) is 0 Å². The molecule has 0 fully saturated rings. The summed E-state index contributed by atoms with van der Waals surface area (Å²) < 4.78 is 13.3. The van der Waals surface area contributed by atoms with E-state index in [2.05, 4.69) is 15.9 Å².